The maximum absolute atomic E-state index is 14.2. The van der Waals surface area contributed by atoms with Gasteiger partial charge in [-0.1, -0.05) is 11.3 Å². The number of methoxy groups -OCH3 is 1. The second-order valence-electron chi connectivity index (χ2n) is 8.67. The van der Waals surface area contributed by atoms with Crippen LogP contribution in [0.4, 0.5) is 10.3 Å². The third kappa shape index (κ3) is 4.46. The first-order chi connectivity index (χ1) is 16.9. The Morgan fingerprint density at radius 1 is 1.29 bits per heavy atom. The van der Waals surface area contributed by atoms with Crippen LogP contribution in [0, 0.1) is 11.7 Å². The average Bonchev–Trinajstić information content (AvgIpc) is 3.33. The Hall–Kier alpha value is -3.86. The smallest absolute Gasteiger partial charge is 0.255 e. The maximum Gasteiger partial charge on any atom is 0.255 e. The Kier molecular flexibility index (Phi) is 6.16. The van der Waals surface area contributed by atoms with Gasteiger partial charge < -0.3 is 19.8 Å². The molecule has 1 unspecified atom stereocenters. The molecule has 1 aliphatic heterocycles. The predicted molar refractivity (Wildman–Crippen MR) is 128 cm³/mol. The van der Waals surface area contributed by atoms with Crippen LogP contribution in [0.15, 0.2) is 41.5 Å². The molecule has 4 aromatic rings. The molecule has 10 nitrogen and oxygen atoms in total. The summed E-state index contributed by atoms with van der Waals surface area (Å²) in [5, 5.41) is 8.77. The van der Waals surface area contributed by atoms with E-state index in [1.165, 1.54) is 19.2 Å². The van der Waals surface area contributed by atoms with Crippen molar-refractivity contribution in [3.8, 4) is 17.1 Å². The summed E-state index contributed by atoms with van der Waals surface area (Å²) in [5.74, 6) is 0.134. The molecule has 1 saturated heterocycles. The SMILES string of the molecule is COc1cc(F)cc2c(-c3cn(Cc4cccn(C(C)C5CCOCC5)c4=O)nn3)nc(N)nc12. The third-order valence-corrected chi connectivity index (χ3v) is 6.52. The van der Waals surface area contributed by atoms with Gasteiger partial charge in [0, 0.05) is 42.5 Å². The zero-order chi connectivity index (χ0) is 24.5. The predicted octanol–water partition coefficient (Wildman–Crippen LogP) is 2.82. The highest BCUT2D eigenvalue weighted by molar-refractivity contribution is 5.95. The third-order valence-electron chi connectivity index (χ3n) is 6.52. The molecular formula is C24H26FN7O3. The first-order valence-corrected chi connectivity index (χ1v) is 11.4. The number of rotatable bonds is 6. The molecule has 0 saturated carbocycles. The molecule has 4 heterocycles. The number of fused-ring (bicyclic) bond motifs is 1. The van der Waals surface area contributed by atoms with Gasteiger partial charge in [-0.15, -0.1) is 5.10 Å². The standard InChI is InChI=1S/C24H26FN7O3/c1-14(15-5-8-35-9-6-15)32-7-3-4-16(23(32)33)12-31-13-19(29-30-31)21-18-10-17(25)11-20(34-2)22(18)28-24(26)27-21/h3-4,7,10-11,13-15H,5-6,8-9,12H2,1-2H3,(H2,26,27,28). The number of aromatic nitrogens is 6. The van der Waals surface area contributed by atoms with Crippen molar-refractivity contribution in [1.29, 1.82) is 0 Å². The molecule has 1 atom stereocenters. The number of nitrogens with zero attached hydrogens (tertiary/aromatic N) is 6. The van der Waals surface area contributed by atoms with Crippen molar-refractivity contribution < 1.29 is 13.9 Å². The second kappa shape index (κ2) is 9.41. The van der Waals surface area contributed by atoms with Gasteiger partial charge in [0.25, 0.3) is 5.56 Å². The molecule has 35 heavy (non-hydrogen) atoms. The van der Waals surface area contributed by atoms with E-state index in [0.29, 0.717) is 33.8 Å². The van der Waals surface area contributed by atoms with E-state index >= 15 is 0 Å². The van der Waals surface area contributed by atoms with E-state index in [1.54, 1.807) is 21.5 Å². The summed E-state index contributed by atoms with van der Waals surface area (Å²) in [5.41, 5.74) is 7.51. The van der Waals surface area contributed by atoms with Crippen LogP contribution >= 0.6 is 0 Å². The van der Waals surface area contributed by atoms with E-state index in [2.05, 4.69) is 27.2 Å². The summed E-state index contributed by atoms with van der Waals surface area (Å²) < 4.78 is 28.3. The van der Waals surface area contributed by atoms with Crippen molar-refractivity contribution in [2.75, 3.05) is 26.1 Å². The van der Waals surface area contributed by atoms with Crippen LogP contribution in [0.5, 0.6) is 5.75 Å². The van der Waals surface area contributed by atoms with Gasteiger partial charge >= 0.3 is 0 Å². The zero-order valence-corrected chi connectivity index (χ0v) is 19.5. The lowest BCUT2D eigenvalue weighted by Crippen LogP contribution is -2.32. The Bertz CT molecular complexity index is 1430. The molecule has 0 radical (unpaired) electrons. The monoisotopic (exact) mass is 479 g/mol. The van der Waals surface area contributed by atoms with Gasteiger partial charge in [-0.2, -0.15) is 0 Å². The lowest BCUT2D eigenvalue weighted by Gasteiger charge is -2.29. The number of hydrogen-bond donors (Lipinski definition) is 1. The summed E-state index contributed by atoms with van der Waals surface area (Å²) in [4.78, 5) is 21.7. The highest BCUT2D eigenvalue weighted by atomic mass is 19.1. The van der Waals surface area contributed by atoms with Gasteiger partial charge in [0.05, 0.1) is 19.9 Å². The number of benzene rings is 1. The number of nitrogens with two attached hydrogens (primary N) is 1. The van der Waals surface area contributed by atoms with E-state index in [9.17, 15) is 9.18 Å². The lowest BCUT2D eigenvalue weighted by atomic mass is 9.92. The molecular weight excluding hydrogens is 453 g/mol. The van der Waals surface area contributed by atoms with Crippen molar-refractivity contribution in [1.82, 2.24) is 29.5 Å². The highest BCUT2D eigenvalue weighted by Gasteiger charge is 2.23. The fraction of sp³-hybridized carbons (Fsp3) is 0.375. The van der Waals surface area contributed by atoms with Gasteiger partial charge in [0.1, 0.15) is 28.5 Å². The molecule has 5 rings (SSSR count). The van der Waals surface area contributed by atoms with E-state index in [1.807, 2.05) is 12.3 Å². The van der Waals surface area contributed by atoms with Crippen molar-refractivity contribution in [3.63, 3.8) is 0 Å². The molecule has 0 aliphatic carbocycles. The van der Waals surface area contributed by atoms with Crippen molar-refractivity contribution >= 4 is 16.9 Å². The van der Waals surface area contributed by atoms with E-state index in [4.69, 9.17) is 15.2 Å². The molecule has 1 fully saturated rings. The molecule has 1 aliphatic rings. The Morgan fingerprint density at radius 2 is 2.09 bits per heavy atom. The highest BCUT2D eigenvalue weighted by Crippen LogP contribution is 2.32. The van der Waals surface area contributed by atoms with Crippen LogP contribution in [0.3, 0.4) is 0 Å². The zero-order valence-electron chi connectivity index (χ0n) is 19.5. The fourth-order valence-electron chi connectivity index (χ4n) is 4.62. The molecule has 182 valence electrons. The number of pyridine rings is 1. The van der Waals surface area contributed by atoms with Crippen LogP contribution < -0.4 is 16.0 Å². The van der Waals surface area contributed by atoms with Crippen molar-refractivity contribution in [3.05, 3.63) is 58.4 Å². The topological polar surface area (TPSA) is 123 Å². The molecule has 3 aromatic heterocycles. The molecule has 0 amide bonds. The van der Waals surface area contributed by atoms with Crippen molar-refractivity contribution in [2.24, 2.45) is 5.92 Å². The van der Waals surface area contributed by atoms with E-state index < -0.39 is 5.82 Å². The van der Waals surface area contributed by atoms with E-state index in [-0.39, 0.29) is 29.8 Å². The van der Waals surface area contributed by atoms with Gasteiger partial charge in [0.15, 0.2) is 0 Å². The number of anilines is 1. The summed E-state index contributed by atoms with van der Waals surface area (Å²) in [6, 6.07) is 6.27. The molecule has 1 aromatic carbocycles. The first kappa shape index (κ1) is 22.9. The summed E-state index contributed by atoms with van der Waals surface area (Å²) in [7, 11) is 1.43. The largest absolute Gasteiger partial charge is 0.494 e. The Morgan fingerprint density at radius 3 is 2.86 bits per heavy atom. The second-order valence-corrected chi connectivity index (χ2v) is 8.67. The number of ether oxygens (including phenoxy) is 2. The van der Waals surface area contributed by atoms with Crippen LogP contribution in [-0.4, -0.2) is 49.9 Å². The minimum Gasteiger partial charge on any atom is -0.494 e. The maximum atomic E-state index is 14.2. The quantitative estimate of drug-likeness (QED) is 0.448. The fourth-order valence-corrected chi connectivity index (χ4v) is 4.62. The number of hydrogen-bond acceptors (Lipinski definition) is 8. The summed E-state index contributed by atoms with van der Waals surface area (Å²) >= 11 is 0. The summed E-state index contributed by atoms with van der Waals surface area (Å²) in [6.45, 7) is 3.75. The molecule has 11 heteroatoms. The van der Waals surface area contributed by atoms with Gasteiger partial charge in [-0.05, 0) is 37.8 Å². The van der Waals surface area contributed by atoms with Gasteiger partial charge in [-0.3, -0.25) is 4.79 Å². The molecule has 0 spiro atoms. The van der Waals surface area contributed by atoms with Crippen molar-refractivity contribution in [2.45, 2.75) is 32.4 Å². The van der Waals surface area contributed by atoms with Gasteiger partial charge in [0.2, 0.25) is 5.95 Å². The first-order valence-electron chi connectivity index (χ1n) is 11.4. The Labute approximate surface area is 200 Å². The average molecular weight is 480 g/mol. The molecule has 2 N–H and O–H groups in total. The lowest BCUT2D eigenvalue weighted by molar-refractivity contribution is 0.0508. The minimum absolute atomic E-state index is 0.00000380. The van der Waals surface area contributed by atoms with Crippen LogP contribution in [-0.2, 0) is 11.3 Å². The van der Waals surface area contributed by atoms with Crippen LogP contribution in [0.25, 0.3) is 22.3 Å². The van der Waals surface area contributed by atoms with Crippen LogP contribution in [0.1, 0.15) is 31.4 Å². The summed E-state index contributed by atoms with van der Waals surface area (Å²) in [6.07, 6.45) is 5.35. The van der Waals surface area contributed by atoms with E-state index in [0.717, 1.165) is 26.1 Å². The Balaban J connectivity index is 1.46. The number of nitrogen functional groups attached to an aromatic ring is 1. The molecule has 0 bridgehead atoms. The van der Waals surface area contributed by atoms with Gasteiger partial charge in [-0.25, -0.2) is 19.0 Å². The van der Waals surface area contributed by atoms with Crippen LogP contribution in [0.2, 0.25) is 0 Å². The minimum atomic E-state index is -0.500. The normalized spacial score (nSPS) is 15.4. The number of halogens is 1.